The first kappa shape index (κ1) is 11.9. The normalized spacial score (nSPS) is 10.4. The number of halogens is 2. The lowest BCUT2D eigenvalue weighted by Crippen LogP contribution is -2.12. The molecule has 0 unspecified atom stereocenters. The molecule has 0 atom stereocenters. The number of hydroxylamine groups is 1. The fourth-order valence-electron chi connectivity index (χ4n) is 1.30. The van der Waals surface area contributed by atoms with Gasteiger partial charge in [0.25, 0.3) is 0 Å². The maximum atomic E-state index is 13.4. The van der Waals surface area contributed by atoms with Crippen molar-refractivity contribution >= 4 is 0 Å². The smallest absolute Gasteiger partial charge is 0.165 e. The average Bonchev–Trinajstić information content (AvgIpc) is 2.25. The van der Waals surface area contributed by atoms with E-state index in [2.05, 4.69) is 10.3 Å². The Morgan fingerprint density at radius 1 is 1.33 bits per heavy atom. The van der Waals surface area contributed by atoms with Crippen molar-refractivity contribution in [2.75, 3.05) is 14.2 Å². The van der Waals surface area contributed by atoms with Gasteiger partial charge in [-0.15, -0.1) is 0 Å². The van der Waals surface area contributed by atoms with Gasteiger partial charge in [0.15, 0.2) is 11.6 Å². The SMILES string of the molecule is CONCc1cc(CF)cc(F)c1OC. The van der Waals surface area contributed by atoms with Crippen LogP contribution >= 0.6 is 0 Å². The van der Waals surface area contributed by atoms with Gasteiger partial charge in [0.2, 0.25) is 0 Å². The van der Waals surface area contributed by atoms with Crippen LogP contribution in [0, 0.1) is 5.82 Å². The highest BCUT2D eigenvalue weighted by Gasteiger charge is 2.11. The number of alkyl halides is 1. The lowest BCUT2D eigenvalue weighted by molar-refractivity contribution is 0.0860. The van der Waals surface area contributed by atoms with Crippen LogP contribution in [-0.2, 0) is 18.1 Å². The highest BCUT2D eigenvalue weighted by Crippen LogP contribution is 2.24. The summed E-state index contributed by atoms with van der Waals surface area (Å²) >= 11 is 0. The van der Waals surface area contributed by atoms with Crippen LogP contribution in [0.4, 0.5) is 8.78 Å². The Hall–Kier alpha value is -1.20. The second kappa shape index (κ2) is 5.63. The third-order valence-corrected chi connectivity index (χ3v) is 1.95. The van der Waals surface area contributed by atoms with Gasteiger partial charge in [0, 0.05) is 12.1 Å². The Labute approximate surface area is 87.0 Å². The molecule has 0 aliphatic carbocycles. The molecule has 1 rings (SSSR count). The van der Waals surface area contributed by atoms with Crippen molar-refractivity contribution in [3.05, 3.63) is 29.1 Å². The summed E-state index contributed by atoms with van der Waals surface area (Å²) in [7, 11) is 2.81. The fourth-order valence-corrected chi connectivity index (χ4v) is 1.30. The van der Waals surface area contributed by atoms with Crippen molar-refractivity contribution in [1.82, 2.24) is 5.48 Å². The van der Waals surface area contributed by atoms with E-state index in [9.17, 15) is 8.78 Å². The maximum absolute atomic E-state index is 13.4. The van der Waals surface area contributed by atoms with Crippen LogP contribution in [0.2, 0.25) is 0 Å². The second-order valence-corrected chi connectivity index (χ2v) is 2.93. The summed E-state index contributed by atoms with van der Waals surface area (Å²) in [6, 6.07) is 2.66. The van der Waals surface area contributed by atoms with Crippen molar-refractivity contribution in [2.45, 2.75) is 13.2 Å². The van der Waals surface area contributed by atoms with E-state index in [0.29, 0.717) is 5.56 Å². The number of nitrogens with one attached hydrogen (secondary N) is 1. The Bertz CT molecular complexity index is 331. The Morgan fingerprint density at radius 3 is 2.60 bits per heavy atom. The molecule has 0 bridgehead atoms. The zero-order valence-electron chi connectivity index (χ0n) is 8.64. The highest BCUT2D eigenvalue weighted by atomic mass is 19.1. The minimum atomic E-state index is -0.707. The summed E-state index contributed by atoms with van der Waals surface area (Å²) in [5.41, 5.74) is 3.35. The van der Waals surface area contributed by atoms with Crippen LogP contribution in [0.15, 0.2) is 12.1 Å². The van der Waals surface area contributed by atoms with Gasteiger partial charge in [-0.1, -0.05) is 0 Å². The maximum Gasteiger partial charge on any atom is 0.165 e. The summed E-state index contributed by atoms with van der Waals surface area (Å²) in [6.45, 7) is -0.453. The van der Waals surface area contributed by atoms with E-state index < -0.39 is 12.5 Å². The van der Waals surface area contributed by atoms with Crippen molar-refractivity contribution in [3.8, 4) is 5.75 Å². The van der Waals surface area contributed by atoms with Gasteiger partial charge in [-0.25, -0.2) is 8.78 Å². The standard InChI is InChI=1S/C10H13F2NO2/c1-14-10-8(6-13-15-2)3-7(5-11)4-9(10)12/h3-4,13H,5-6H2,1-2H3. The van der Waals surface area contributed by atoms with Gasteiger partial charge < -0.3 is 9.57 Å². The number of rotatable bonds is 5. The molecule has 0 aromatic heterocycles. The van der Waals surface area contributed by atoms with Crippen molar-refractivity contribution in [2.24, 2.45) is 0 Å². The molecule has 15 heavy (non-hydrogen) atoms. The zero-order valence-corrected chi connectivity index (χ0v) is 8.64. The molecule has 0 aliphatic rings. The van der Waals surface area contributed by atoms with Crippen LogP contribution < -0.4 is 10.2 Å². The summed E-state index contributed by atoms with van der Waals surface area (Å²) in [4.78, 5) is 4.64. The molecule has 1 aromatic rings. The van der Waals surface area contributed by atoms with Gasteiger partial charge in [-0.05, 0) is 17.7 Å². The van der Waals surface area contributed by atoms with Gasteiger partial charge in [0.05, 0.1) is 14.2 Å². The zero-order chi connectivity index (χ0) is 11.3. The van der Waals surface area contributed by atoms with Gasteiger partial charge in [-0.3, -0.25) is 0 Å². The molecule has 5 heteroatoms. The molecule has 0 saturated carbocycles. The first-order chi connectivity index (χ1) is 7.22. The van der Waals surface area contributed by atoms with Gasteiger partial charge in [0.1, 0.15) is 6.67 Å². The average molecular weight is 217 g/mol. The largest absolute Gasteiger partial charge is 0.493 e. The molecular weight excluding hydrogens is 204 g/mol. The quantitative estimate of drug-likeness (QED) is 0.765. The first-order valence-corrected chi connectivity index (χ1v) is 4.40. The molecule has 0 saturated heterocycles. The molecule has 0 heterocycles. The number of methoxy groups -OCH3 is 1. The third kappa shape index (κ3) is 2.87. The molecule has 0 aliphatic heterocycles. The predicted molar refractivity (Wildman–Crippen MR) is 51.6 cm³/mol. The van der Waals surface area contributed by atoms with Crippen molar-refractivity contribution in [1.29, 1.82) is 0 Å². The second-order valence-electron chi connectivity index (χ2n) is 2.93. The topological polar surface area (TPSA) is 30.5 Å². The van der Waals surface area contributed by atoms with Crippen molar-refractivity contribution in [3.63, 3.8) is 0 Å². The number of hydrogen-bond donors (Lipinski definition) is 1. The van der Waals surface area contributed by atoms with Crippen LogP contribution in [0.3, 0.4) is 0 Å². The number of ether oxygens (including phenoxy) is 1. The molecule has 0 amide bonds. The van der Waals surface area contributed by atoms with Crippen LogP contribution in [-0.4, -0.2) is 14.2 Å². The van der Waals surface area contributed by atoms with Crippen LogP contribution in [0.25, 0.3) is 0 Å². The fraction of sp³-hybridized carbons (Fsp3) is 0.400. The molecule has 0 radical (unpaired) electrons. The van der Waals surface area contributed by atoms with E-state index in [1.807, 2.05) is 0 Å². The molecule has 84 valence electrons. The Kier molecular flexibility index (Phi) is 4.45. The monoisotopic (exact) mass is 217 g/mol. The molecule has 1 aromatic carbocycles. The van der Waals surface area contributed by atoms with E-state index in [-0.39, 0.29) is 17.9 Å². The lowest BCUT2D eigenvalue weighted by atomic mass is 10.1. The van der Waals surface area contributed by atoms with E-state index >= 15 is 0 Å². The Balaban J connectivity index is 3.02. The van der Waals surface area contributed by atoms with Gasteiger partial charge in [-0.2, -0.15) is 5.48 Å². The minimum absolute atomic E-state index is 0.108. The van der Waals surface area contributed by atoms with E-state index in [1.165, 1.54) is 20.3 Å². The van der Waals surface area contributed by atoms with E-state index in [0.717, 1.165) is 6.07 Å². The molecule has 1 N–H and O–H groups in total. The van der Waals surface area contributed by atoms with E-state index in [4.69, 9.17) is 4.74 Å². The van der Waals surface area contributed by atoms with Crippen LogP contribution in [0.1, 0.15) is 11.1 Å². The Morgan fingerprint density at radius 2 is 2.07 bits per heavy atom. The molecular formula is C10H13F2NO2. The summed E-state index contributed by atoms with van der Waals surface area (Å²) in [5.74, 6) is -0.461. The predicted octanol–water partition coefficient (Wildman–Crippen LogP) is 1.95. The lowest BCUT2D eigenvalue weighted by Gasteiger charge is -2.11. The highest BCUT2D eigenvalue weighted by molar-refractivity contribution is 5.38. The van der Waals surface area contributed by atoms with E-state index in [1.54, 1.807) is 0 Å². The minimum Gasteiger partial charge on any atom is -0.493 e. The molecule has 0 spiro atoms. The first-order valence-electron chi connectivity index (χ1n) is 4.40. The van der Waals surface area contributed by atoms with Gasteiger partial charge >= 0.3 is 0 Å². The summed E-state index contributed by atoms with van der Waals surface area (Å²) in [5, 5.41) is 0. The summed E-state index contributed by atoms with van der Waals surface area (Å²) < 4.78 is 30.6. The van der Waals surface area contributed by atoms with Crippen molar-refractivity contribution < 1.29 is 18.4 Å². The van der Waals surface area contributed by atoms with Crippen LogP contribution in [0.5, 0.6) is 5.75 Å². The third-order valence-electron chi connectivity index (χ3n) is 1.95. The summed E-state index contributed by atoms with van der Waals surface area (Å²) in [6.07, 6.45) is 0. The molecule has 3 nitrogen and oxygen atoms in total. The number of benzene rings is 1. The molecule has 0 fully saturated rings. The number of hydrogen-bond acceptors (Lipinski definition) is 3.